The first kappa shape index (κ1) is 13.8. The van der Waals surface area contributed by atoms with Gasteiger partial charge in [-0.05, 0) is 30.7 Å². The number of hydrogen-bond acceptors (Lipinski definition) is 2. The molecule has 2 rings (SSSR count). The molecular weight excluding hydrogens is 265 g/mol. The largest absolute Gasteiger partial charge is 0.489 e. The number of ether oxygens (including phenoxy) is 1. The monoisotopic (exact) mass is 279 g/mol. The van der Waals surface area contributed by atoms with E-state index in [1.807, 2.05) is 31.2 Å². The Morgan fingerprint density at radius 2 is 2.00 bits per heavy atom. The summed E-state index contributed by atoms with van der Waals surface area (Å²) in [6.07, 6.45) is 0. The number of rotatable bonds is 4. The van der Waals surface area contributed by atoms with E-state index >= 15 is 0 Å². The van der Waals surface area contributed by atoms with Crippen molar-refractivity contribution in [2.24, 2.45) is 5.73 Å². The Morgan fingerprint density at radius 3 is 2.68 bits per heavy atom. The molecule has 0 aliphatic rings. The Hall–Kier alpha value is -1.58. The maximum Gasteiger partial charge on any atom is 0.142 e. The first-order valence-electron chi connectivity index (χ1n) is 5.99. The molecule has 1 atom stereocenters. The van der Waals surface area contributed by atoms with E-state index in [1.54, 1.807) is 6.07 Å². The molecule has 2 N–H and O–H groups in total. The maximum absolute atomic E-state index is 13.3. The lowest BCUT2D eigenvalue weighted by Gasteiger charge is -2.13. The minimum absolute atomic E-state index is 0.111. The van der Waals surface area contributed by atoms with Gasteiger partial charge in [-0.2, -0.15) is 0 Å². The highest BCUT2D eigenvalue weighted by Crippen LogP contribution is 2.24. The van der Waals surface area contributed by atoms with Crippen molar-refractivity contribution in [3.05, 3.63) is 64.4 Å². The summed E-state index contributed by atoms with van der Waals surface area (Å²) in [7, 11) is 0. The van der Waals surface area contributed by atoms with E-state index in [2.05, 4.69) is 0 Å². The van der Waals surface area contributed by atoms with Crippen molar-refractivity contribution < 1.29 is 9.13 Å². The van der Waals surface area contributed by atoms with E-state index in [-0.39, 0.29) is 17.7 Å². The van der Waals surface area contributed by atoms with E-state index in [0.717, 1.165) is 11.1 Å². The summed E-state index contributed by atoms with van der Waals surface area (Å²) in [4.78, 5) is 0. The quantitative estimate of drug-likeness (QED) is 0.915. The Kier molecular flexibility index (Phi) is 4.40. The zero-order chi connectivity index (χ0) is 13.8. The molecule has 0 aromatic heterocycles. The van der Waals surface area contributed by atoms with Gasteiger partial charge in [-0.3, -0.25) is 0 Å². The van der Waals surface area contributed by atoms with Gasteiger partial charge >= 0.3 is 0 Å². The lowest BCUT2D eigenvalue weighted by atomic mass is 10.1. The third-order valence-corrected chi connectivity index (χ3v) is 3.09. The summed E-state index contributed by atoms with van der Waals surface area (Å²) in [6.45, 7) is 2.17. The van der Waals surface area contributed by atoms with Gasteiger partial charge in [-0.25, -0.2) is 4.39 Å². The first-order valence-corrected chi connectivity index (χ1v) is 6.37. The zero-order valence-electron chi connectivity index (χ0n) is 10.6. The molecule has 0 saturated carbocycles. The van der Waals surface area contributed by atoms with Gasteiger partial charge in [0.2, 0.25) is 0 Å². The number of halogens is 2. The molecule has 0 bridgehead atoms. The van der Waals surface area contributed by atoms with E-state index in [0.29, 0.717) is 5.75 Å². The first-order chi connectivity index (χ1) is 9.08. The minimum atomic E-state index is -0.441. The Balaban J connectivity index is 2.12. The third kappa shape index (κ3) is 3.46. The smallest absolute Gasteiger partial charge is 0.142 e. The van der Waals surface area contributed by atoms with Crippen molar-refractivity contribution in [3.63, 3.8) is 0 Å². The fourth-order valence-corrected chi connectivity index (χ4v) is 1.90. The van der Waals surface area contributed by atoms with Gasteiger partial charge in [0.1, 0.15) is 18.2 Å². The molecule has 4 heteroatoms. The molecule has 0 amide bonds. The summed E-state index contributed by atoms with van der Waals surface area (Å²) in [5, 5.41) is 0.111. The van der Waals surface area contributed by atoms with E-state index in [9.17, 15) is 4.39 Å². The molecule has 0 heterocycles. The van der Waals surface area contributed by atoms with Crippen molar-refractivity contribution in [2.45, 2.75) is 19.6 Å². The summed E-state index contributed by atoms with van der Waals surface area (Å²) in [5.41, 5.74) is 7.52. The van der Waals surface area contributed by atoms with E-state index in [1.165, 1.54) is 12.1 Å². The van der Waals surface area contributed by atoms with Crippen LogP contribution >= 0.6 is 11.6 Å². The van der Waals surface area contributed by atoms with Crippen LogP contribution in [0.15, 0.2) is 42.5 Å². The van der Waals surface area contributed by atoms with Gasteiger partial charge in [0.15, 0.2) is 0 Å². The highest BCUT2D eigenvalue weighted by molar-refractivity contribution is 6.30. The molecule has 0 saturated heterocycles. The van der Waals surface area contributed by atoms with Crippen LogP contribution in [-0.4, -0.2) is 0 Å². The zero-order valence-corrected chi connectivity index (χ0v) is 11.3. The topological polar surface area (TPSA) is 35.2 Å². The second-order valence-electron chi connectivity index (χ2n) is 4.36. The predicted molar refractivity (Wildman–Crippen MR) is 74.8 cm³/mol. The second-order valence-corrected chi connectivity index (χ2v) is 4.77. The molecule has 0 fully saturated rings. The number of hydrogen-bond donors (Lipinski definition) is 1. The summed E-state index contributed by atoms with van der Waals surface area (Å²) < 4.78 is 19.0. The standard InChI is InChI=1S/C15H15ClFNO/c1-10(18)12-4-2-3-5-15(12)19-9-11-6-7-13(16)14(17)8-11/h2-8,10H,9,18H2,1H3/t10-/m1/s1. The Labute approximate surface area is 117 Å². The average molecular weight is 280 g/mol. The van der Waals surface area contributed by atoms with Crippen LogP contribution in [-0.2, 0) is 6.61 Å². The van der Waals surface area contributed by atoms with Gasteiger partial charge in [0, 0.05) is 11.6 Å². The lowest BCUT2D eigenvalue weighted by molar-refractivity contribution is 0.301. The molecule has 0 aliphatic carbocycles. The van der Waals surface area contributed by atoms with Gasteiger partial charge in [0.25, 0.3) is 0 Å². The molecule has 2 nitrogen and oxygen atoms in total. The lowest BCUT2D eigenvalue weighted by Crippen LogP contribution is -2.08. The van der Waals surface area contributed by atoms with Crippen LogP contribution in [0.5, 0.6) is 5.75 Å². The molecular formula is C15H15ClFNO. The number of nitrogens with two attached hydrogens (primary N) is 1. The highest BCUT2D eigenvalue weighted by atomic mass is 35.5. The average Bonchev–Trinajstić information content (AvgIpc) is 2.40. The number of benzene rings is 2. The van der Waals surface area contributed by atoms with Gasteiger partial charge in [-0.15, -0.1) is 0 Å². The van der Waals surface area contributed by atoms with Crippen LogP contribution in [0.1, 0.15) is 24.1 Å². The van der Waals surface area contributed by atoms with Crippen molar-refractivity contribution in [1.82, 2.24) is 0 Å². The number of para-hydroxylation sites is 1. The molecule has 19 heavy (non-hydrogen) atoms. The van der Waals surface area contributed by atoms with Gasteiger partial charge in [0.05, 0.1) is 5.02 Å². The molecule has 2 aromatic carbocycles. The van der Waals surface area contributed by atoms with Crippen LogP contribution < -0.4 is 10.5 Å². The van der Waals surface area contributed by atoms with Gasteiger partial charge < -0.3 is 10.5 Å². The van der Waals surface area contributed by atoms with Gasteiger partial charge in [-0.1, -0.05) is 35.9 Å². The summed E-state index contributed by atoms with van der Waals surface area (Å²) in [6, 6.07) is 12.1. The molecule has 2 aromatic rings. The fourth-order valence-electron chi connectivity index (χ4n) is 1.78. The van der Waals surface area contributed by atoms with Crippen LogP contribution in [0, 0.1) is 5.82 Å². The Morgan fingerprint density at radius 1 is 1.26 bits per heavy atom. The minimum Gasteiger partial charge on any atom is -0.489 e. The van der Waals surface area contributed by atoms with Crippen LogP contribution in [0.4, 0.5) is 4.39 Å². The summed E-state index contributed by atoms with van der Waals surface area (Å²) >= 11 is 5.63. The van der Waals surface area contributed by atoms with Crippen molar-refractivity contribution in [1.29, 1.82) is 0 Å². The van der Waals surface area contributed by atoms with Crippen molar-refractivity contribution in [2.75, 3.05) is 0 Å². The van der Waals surface area contributed by atoms with Crippen molar-refractivity contribution >= 4 is 11.6 Å². The third-order valence-electron chi connectivity index (χ3n) is 2.79. The van der Waals surface area contributed by atoms with Crippen LogP contribution in [0.3, 0.4) is 0 Å². The molecule has 0 radical (unpaired) electrons. The SMILES string of the molecule is C[C@@H](N)c1ccccc1OCc1ccc(Cl)c(F)c1. The van der Waals surface area contributed by atoms with Crippen LogP contribution in [0.2, 0.25) is 5.02 Å². The van der Waals surface area contributed by atoms with Crippen molar-refractivity contribution in [3.8, 4) is 5.75 Å². The van der Waals surface area contributed by atoms with E-state index < -0.39 is 5.82 Å². The fraction of sp³-hybridized carbons (Fsp3) is 0.200. The molecule has 0 aliphatic heterocycles. The van der Waals surface area contributed by atoms with Crippen LogP contribution in [0.25, 0.3) is 0 Å². The summed E-state index contributed by atoms with van der Waals surface area (Å²) in [5.74, 6) is 0.274. The predicted octanol–water partition coefficient (Wildman–Crippen LogP) is 4.08. The maximum atomic E-state index is 13.3. The Bertz CT molecular complexity index is 572. The van der Waals surface area contributed by atoms with E-state index in [4.69, 9.17) is 22.1 Å². The second kappa shape index (κ2) is 6.04. The normalized spacial score (nSPS) is 12.2. The molecule has 0 unspecified atom stereocenters. The molecule has 100 valence electrons. The molecule has 0 spiro atoms. The highest BCUT2D eigenvalue weighted by Gasteiger charge is 2.08.